The van der Waals surface area contributed by atoms with Gasteiger partial charge in [0, 0.05) is 0 Å². The standard InChI is InChI=1S/C16H12O2/c1-2-14-9-6-10-15(11-17)16(14)18-12-13-7-4-3-5-8-13/h1,3-11H,12H2. The van der Waals surface area contributed by atoms with Gasteiger partial charge in [0.2, 0.25) is 0 Å². The van der Waals surface area contributed by atoms with E-state index in [0.717, 1.165) is 11.8 Å². The third kappa shape index (κ3) is 2.58. The molecule has 2 nitrogen and oxygen atoms in total. The van der Waals surface area contributed by atoms with Crippen LogP contribution < -0.4 is 4.74 Å². The van der Waals surface area contributed by atoms with E-state index < -0.39 is 0 Å². The van der Waals surface area contributed by atoms with Gasteiger partial charge in [-0.3, -0.25) is 4.79 Å². The molecule has 88 valence electrons. The summed E-state index contributed by atoms with van der Waals surface area (Å²) >= 11 is 0. The second kappa shape index (κ2) is 5.70. The van der Waals surface area contributed by atoms with Crippen molar-refractivity contribution in [3.05, 3.63) is 65.2 Å². The fraction of sp³-hybridized carbons (Fsp3) is 0.0625. The van der Waals surface area contributed by atoms with Crippen molar-refractivity contribution in [2.75, 3.05) is 0 Å². The molecule has 0 bridgehead atoms. The second-order valence-electron chi connectivity index (χ2n) is 3.76. The molecule has 0 radical (unpaired) electrons. The molecule has 0 aliphatic carbocycles. The van der Waals surface area contributed by atoms with Crippen LogP contribution in [0.5, 0.6) is 5.75 Å². The Labute approximate surface area is 106 Å². The monoisotopic (exact) mass is 236 g/mol. The Kier molecular flexibility index (Phi) is 3.78. The molecule has 0 fully saturated rings. The molecule has 0 heterocycles. The van der Waals surface area contributed by atoms with Crippen LogP contribution in [0.3, 0.4) is 0 Å². The molecule has 0 amide bonds. The zero-order valence-electron chi connectivity index (χ0n) is 9.80. The minimum absolute atomic E-state index is 0.389. The number of hydrogen-bond acceptors (Lipinski definition) is 2. The van der Waals surface area contributed by atoms with Crippen LogP contribution >= 0.6 is 0 Å². The highest BCUT2D eigenvalue weighted by Gasteiger charge is 2.07. The number of terminal acetylenes is 1. The van der Waals surface area contributed by atoms with E-state index in [-0.39, 0.29) is 0 Å². The van der Waals surface area contributed by atoms with Gasteiger partial charge in [-0.15, -0.1) is 6.42 Å². The summed E-state index contributed by atoms with van der Waals surface area (Å²) in [6.45, 7) is 0.389. The first kappa shape index (κ1) is 11.9. The zero-order valence-corrected chi connectivity index (χ0v) is 9.80. The molecule has 0 atom stereocenters. The van der Waals surface area contributed by atoms with Crippen molar-refractivity contribution in [3.63, 3.8) is 0 Å². The lowest BCUT2D eigenvalue weighted by Crippen LogP contribution is -2.00. The van der Waals surface area contributed by atoms with E-state index in [1.54, 1.807) is 18.2 Å². The van der Waals surface area contributed by atoms with Gasteiger partial charge >= 0.3 is 0 Å². The Hall–Kier alpha value is -2.53. The smallest absolute Gasteiger partial charge is 0.153 e. The first-order valence-electron chi connectivity index (χ1n) is 5.56. The van der Waals surface area contributed by atoms with E-state index >= 15 is 0 Å². The molecule has 2 heteroatoms. The lowest BCUT2D eigenvalue weighted by molar-refractivity contribution is 0.111. The molecule has 0 aliphatic heterocycles. The summed E-state index contributed by atoms with van der Waals surface area (Å²) < 4.78 is 5.66. The molecule has 0 aliphatic rings. The summed E-state index contributed by atoms with van der Waals surface area (Å²) in [6, 6.07) is 14.9. The third-order valence-corrected chi connectivity index (χ3v) is 2.55. The summed E-state index contributed by atoms with van der Waals surface area (Å²) in [7, 11) is 0. The molecule has 0 unspecified atom stereocenters. The van der Waals surface area contributed by atoms with Gasteiger partial charge in [-0.1, -0.05) is 42.3 Å². The van der Waals surface area contributed by atoms with Gasteiger partial charge in [-0.2, -0.15) is 0 Å². The second-order valence-corrected chi connectivity index (χ2v) is 3.76. The molecule has 0 spiro atoms. The maximum Gasteiger partial charge on any atom is 0.153 e. The van der Waals surface area contributed by atoms with E-state index in [2.05, 4.69) is 5.92 Å². The first-order chi connectivity index (χ1) is 8.85. The number of carbonyl (C=O) groups excluding carboxylic acids is 1. The number of rotatable bonds is 4. The summed E-state index contributed by atoms with van der Waals surface area (Å²) in [5.74, 6) is 2.99. The minimum atomic E-state index is 0.389. The number of ether oxygens (including phenoxy) is 1. The number of para-hydroxylation sites is 1. The Balaban J connectivity index is 2.24. The van der Waals surface area contributed by atoms with E-state index in [0.29, 0.717) is 23.5 Å². The average molecular weight is 236 g/mol. The quantitative estimate of drug-likeness (QED) is 0.602. The van der Waals surface area contributed by atoms with Crippen molar-refractivity contribution in [2.45, 2.75) is 6.61 Å². The Morgan fingerprint density at radius 2 is 1.89 bits per heavy atom. The largest absolute Gasteiger partial charge is 0.487 e. The van der Waals surface area contributed by atoms with Gasteiger partial charge in [-0.05, 0) is 17.7 Å². The molecule has 0 saturated heterocycles. The van der Waals surface area contributed by atoms with E-state index in [1.807, 2.05) is 30.3 Å². The molecular formula is C16H12O2. The SMILES string of the molecule is C#Cc1cccc(C=O)c1OCc1ccccc1. The number of benzene rings is 2. The van der Waals surface area contributed by atoms with Gasteiger partial charge in [0.15, 0.2) is 6.29 Å². The van der Waals surface area contributed by atoms with Crippen molar-refractivity contribution in [1.82, 2.24) is 0 Å². The fourth-order valence-electron chi connectivity index (χ4n) is 1.65. The molecule has 2 aromatic carbocycles. The Morgan fingerprint density at radius 3 is 2.56 bits per heavy atom. The molecule has 0 saturated carbocycles. The zero-order chi connectivity index (χ0) is 12.8. The molecular weight excluding hydrogens is 224 g/mol. The summed E-state index contributed by atoms with van der Waals surface area (Å²) in [5, 5.41) is 0. The van der Waals surface area contributed by atoms with E-state index in [4.69, 9.17) is 11.2 Å². The van der Waals surface area contributed by atoms with Crippen LogP contribution in [0.25, 0.3) is 0 Å². The van der Waals surface area contributed by atoms with Crippen LogP contribution in [-0.4, -0.2) is 6.29 Å². The molecule has 18 heavy (non-hydrogen) atoms. The number of aldehydes is 1. The maximum absolute atomic E-state index is 11.0. The van der Waals surface area contributed by atoms with Crippen LogP contribution in [-0.2, 0) is 6.61 Å². The van der Waals surface area contributed by atoms with Crippen LogP contribution in [0.4, 0.5) is 0 Å². The average Bonchev–Trinajstić information content (AvgIpc) is 2.45. The minimum Gasteiger partial charge on any atom is -0.487 e. The highest BCUT2D eigenvalue weighted by molar-refractivity contribution is 5.81. The van der Waals surface area contributed by atoms with Gasteiger partial charge < -0.3 is 4.74 Å². The highest BCUT2D eigenvalue weighted by atomic mass is 16.5. The third-order valence-electron chi connectivity index (χ3n) is 2.55. The van der Waals surface area contributed by atoms with Crippen molar-refractivity contribution in [3.8, 4) is 18.1 Å². The summed E-state index contributed by atoms with van der Waals surface area (Å²) in [4.78, 5) is 11.0. The first-order valence-corrected chi connectivity index (χ1v) is 5.56. The van der Waals surface area contributed by atoms with Gasteiger partial charge in [-0.25, -0.2) is 0 Å². The van der Waals surface area contributed by atoms with Crippen molar-refractivity contribution in [2.24, 2.45) is 0 Å². The van der Waals surface area contributed by atoms with Crippen LogP contribution in [0, 0.1) is 12.3 Å². The van der Waals surface area contributed by atoms with Gasteiger partial charge in [0.05, 0.1) is 11.1 Å². The predicted octanol–water partition coefficient (Wildman–Crippen LogP) is 3.06. The number of carbonyl (C=O) groups is 1. The predicted molar refractivity (Wildman–Crippen MR) is 70.5 cm³/mol. The van der Waals surface area contributed by atoms with E-state index in [9.17, 15) is 4.79 Å². The normalized spacial score (nSPS) is 9.50. The van der Waals surface area contributed by atoms with Crippen LogP contribution in [0.15, 0.2) is 48.5 Å². The Bertz CT molecular complexity index is 580. The molecule has 0 aromatic heterocycles. The molecule has 2 rings (SSSR count). The van der Waals surface area contributed by atoms with Gasteiger partial charge in [0.25, 0.3) is 0 Å². The van der Waals surface area contributed by atoms with Gasteiger partial charge in [0.1, 0.15) is 12.4 Å². The van der Waals surface area contributed by atoms with Crippen LogP contribution in [0.1, 0.15) is 21.5 Å². The number of hydrogen-bond donors (Lipinski definition) is 0. The summed E-state index contributed by atoms with van der Waals surface area (Å²) in [5.41, 5.74) is 2.10. The van der Waals surface area contributed by atoms with Crippen molar-refractivity contribution < 1.29 is 9.53 Å². The van der Waals surface area contributed by atoms with E-state index in [1.165, 1.54) is 0 Å². The van der Waals surface area contributed by atoms with Crippen molar-refractivity contribution in [1.29, 1.82) is 0 Å². The lowest BCUT2D eigenvalue weighted by atomic mass is 10.1. The maximum atomic E-state index is 11.0. The highest BCUT2D eigenvalue weighted by Crippen LogP contribution is 2.23. The van der Waals surface area contributed by atoms with Crippen molar-refractivity contribution >= 4 is 6.29 Å². The lowest BCUT2D eigenvalue weighted by Gasteiger charge is -2.10. The molecule has 0 N–H and O–H groups in total. The fourth-order valence-corrected chi connectivity index (χ4v) is 1.65. The Morgan fingerprint density at radius 1 is 1.11 bits per heavy atom. The molecule has 2 aromatic rings. The topological polar surface area (TPSA) is 26.3 Å². The van der Waals surface area contributed by atoms with Crippen LogP contribution in [0.2, 0.25) is 0 Å². The summed E-state index contributed by atoms with van der Waals surface area (Å²) in [6.07, 6.45) is 6.15.